The van der Waals surface area contributed by atoms with Gasteiger partial charge < -0.3 is 0 Å². The standard InChI is InChI=1S/C22H19.C21H17.2CH3.2ClH.H2Si.Zr/c1-15(2)18-13-17-9-6-12-21(22(17)14-18)20-11-5-8-16-7-3-4-10-19(16)20;1-14-11-20-15(2)7-10-19(21(20)12-14)18-9-8-16-5-3-4-6-17(16)13-18;;;;;;/h3-15H,1-2H3;3-13H,1-2H3;2*1H3;2*1H;1H2;. The van der Waals surface area contributed by atoms with Gasteiger partial charge in [0.2, 0.25) is 0 Å². The fourth-order valence-corrected chi connectivity index (χ4v) is 30.1. The fraction of sp³-hybridized carbons (Fsp3) is 0.200. The molecule has 0 aliphatic heterocycles. The van der Waals surface area contributed by atoms with Gasteiger partial charge in [0.05, 0.1) is 0 Å². The number of benzene rings is 6. The molecule has 2 aliphatic rings. The van der Waals surface area contributed by atoms with Gasteiger partial charge in [0.25, 0.3) is 0 Å². The molecule has 49 heavy (non-hydrogen) atoms. The summed E-state index contributed by atoms with van der Waals surface area (Å²) in [5.41, 5.74) is 16.1. The topological polar surface area (TPSA) is 0 Å². The van der Waals surface area contributed by atoms with Gasteiger partial charge in [-0.15, -0.1) is 24.8 Å². The van der Waals surface area contributed by atoms with Crippen LogP contribution in [0, 0.1) is 12.8 Å². The van der Waals surface area contributed by atoms with Crippen molar-refractivity contribution in [2.24, 2.45) is 5.92 Å². The van der Waals surface area contributed by atoms with Crippen molar-refractivity contribution in [3.63, 3.8) is 0 Å². The van der Waals surface area contributed by atoms with E-state index in [0.717, 1.165) is 0 Å². The van der Waals surface area contributed by atoms with Crippen molar-refractivity contribution in [3.05, 3.63) is 154 Å². The van der Waals surface area contributed by atoms with Crippen molar-refractivity contribution in [1.29, 1.82) is 0 Å². The normalized spacial score (nSPS) is 16.9. The molecular weight excluding hydrogens is 731 g/mol. The van der Waals surface area contributed by atoms with E-state index < -0.39 is 17.4 Å². The first kappa shape index (κ1) is 35.8. The summed E-state index contributed by atoms with van der Waals surface area (Å²) >= 11 is -3.75. The first-order valence-electron chi connectivity index (χ1n) is 17.2. The van der Waals surface area contributed by atoms with E-state index in [0.29, 0.717) is 13.2 Å². The number of halogens is 2. The van der Waals surface area contributed by atoms with Gasteiger partial charge in [-0.3, -0.25) is 0 Å². The maximum absolute atomic E-state index is 3.75. The quantitative estimate of drug-likeness (QED) is 0.153. The van der Waals surface area contributed by atoms with Crippen molar-refractivity contribution in [3.8, 4) is 22.3 Å². The fourth-order valence-electron chi connectivity index (χ4n) is 9.50. The van der Waals surface area contributed by atoms with E-state index in [2.05, 4.69) is 171 Å². The predicted octanol–water partition coefficient (Wildman–Crippen LogP) is 13.1. The van der Waals surface area contributed by atoms with E-state index in [9.17, 15) is 0 Å². The Bertz CT molecular complexity index is 2400. The van der Waals surface area contributed by atoms with Crippen molar-refractivity contribution in [1.82, 2.24) is 0 Å². The largest absolute Gasteiger partial charge is 0.147 e. The number of allylic oxidation sites excluding steroid dienone is 2. The van der Waals surface area contributed by atoms with Crippen LogP contribution in [-0.2, 0) is 17.4 Å². The monoisotopic (exact) mass is 774 g/mol. The Hall–Kier alpha value is -3.00. The number of hydrogen-bond acceptors (Lipinski definition) is 0. The molecule has 6 aromatic carbocycles. The summed E-state index contributed by atoms with van der Waals surface area (Å²) in [6.07, 6.45) is 5.18. The summed E-state index contributed by atoms with van der Waals surface area (Å²) in [5, 5.41) is 5.24. The Balaban J connectivity index is 0.00000208. The van der Waals surface area contributed by atoms with Gasteiger partial charge in [-0.1, -0.05) is 0 Å². The van der Waals surface area contributed by atoms with Gasteiger partial charge in [0.15, 0.2) is 0 Å². The van der Waals surface area contributed by atoms with Crippen LogP contribution in [0.2, 0.25) is 9.26 Å². The Kier molecular flexibility index (Phi) is 9.47. The average Bonchev–Trinajstić information content (AvgIpc) is 3.65. The molecule has 0 aromatic heterocycles. The van der Waals surface area contributed by atoms with E-state index in [4.69, 9.17) is 0 Å². The number of aryl methyl sites for hydroxylation is 1. The molecule has 0 amide bonds. The molecule has 248 valence electrons. The van der Waals surface area contributed by atoms with Gasteiger partial charge in [0.1, 0.15) is 0 Å². The van der Waals surface area contributed by atoms with Crippen molar-refractivity contribution < 1.29 is 17.4 Å². The molecule has 6 aromatic rings. The molecule has 8 rings (SSSR count). The summed E-state index contributed by atoms with van der Waals surface area (Å²) in [5.74, 6) is 0.487. The molecule has 0 N–H and O–H groups in total. The minimum Gasteiger partial charge on any atom is -0.147 e. The van der Waals surface area contributed by atoms with E-state index in [1.165, 1.54) is 60.5 Å². The van der Waals surface area contributed by atoms with Crippen molar-refractivity contribution in [2.45, 2.75) is 44.2 Å². The zero-order valence-corrected chi connectivity index (χ0v) is 34.9. The molecule has 0 radical (unpaired) electrons. The zero-order chi connectivity index (χ0) is 32.7. The first-order valence-corrected chi connectivity index (χ1v) is 30.9. The third kappa shape index (κ3) is 5.68. The van der Waals surface area contributed by atoms with Crippen LogP contribution >= 0.6 is 24.8 Å². The van der Waals surface area contributed by atoms with Gasteiger partial charge in [-0.05, 0) is 0 Å². The smallest absolute Gasteiger partial charge is 0.147 e. The SMILES string of the molecule is CC1=Cc2c(-c3ccc4ccccc4c3)ccc(C)c2[CH]1[Zr]([CH3])([CH3])(=[SiH2])[CH]1C(C(C)C)=Cc2c(-c3cccc4ccccc34)cccc21.Cl.Cl. The van der Waals surface area contributed by atoms with E-state index in [-0.39, 0.29) is 24.8 Å². The number of hydrogen-bond donors (Lipinski definition) is 0. The minimum absolute atomic E-state index is 0. The Morgan fingerprint density at radius 1 is 0.592 bits per heavy atom. The van der Waals surface area contributed by atoms with E-state index in [1.807, 2.05) is 0 Å². The third-order valence-electron chi connectivity index (χ3n) is 11.4. The van der Waals surface area contributed by atoms with Crippen LogP contribution in [0.5, 0.6) is 0 Å². The van der Waals surface area contributed by atoms with Crippen LogP contribution in [0.15, 0.2) is 126 Å². The summed E-state index contributed by atoms with van der Waals surface area (Å²) in [4.78, 5) is 0. The predicted molar refractivity (Wildman–Crippen MR) is 220 cm³/mol. The van der Waals surface area contributed by atoms with Crippen LogP contribution in [0.1, 0.15) is 55.8 Å². The molecule has 2 unspecified atom stereocenters. The second-order valence-corrected chi connectivity index (χ2v) is 46.1. The van der Waals surface area contributed by atoms with Crippen molar-refractivity contribution >= 4 is 65.4 Å². The maximum Gasteiger partial charge on any atom is -0.147 e. The summed E-state index contributed by atoms with van der Waals surface area (Å²) in [6, 6.07) is 43.3. The molecule has 0 nitrogen and oxygen atoms in total. The molecule has 0 spiro atoms. The summed E-state index contributed by atoms with van der Waals surface area (Å²) < 4.78 is 6.53. The van der Waals surface area contributed by atoms with Crippen LogP contribution in [0.25, 0.3) is 56.0 Å². The Morgan fingerprint density at radius 3 is 2.00 bits per heavy atom. The molecule has 2 atom stereocenters. The molecule has 0 saturated carbocycles. The van der Waals surface area contributed by atoms with Gasteiger partial charge in [0, 0.05) is 0 Å². The van der Waals surface area contributed by atoms with Crippen LogP contribution in [-0.4, -0.2) is 6.88 Å². The third-order valence-corrected chi connectivity index (χ3v) is 29.0. The molecule has 0 heterocycles. The summed E-state index contributed by atoms with van der Waals surface area (Å²) in [6.45, 7) is 12.1. The molecule has 4 heteroatoms. The van der Waals surface area contributed by atoms with Gasteiger partial charge in [-0.25, -0.2) is 0 Å². The summed E-state index contributed by atoms with van der Waals surface area (Å²) in [7, 11) is 0. The first-order chi connectivity index (χ1) is 22.5. The Labute approximate surface area is 307 Å². The van der Waals surface area contributed by atoms with Crippen LogP contribution in [0.3, 0.4) is 0 Å². The molecule has 0 saturated heterocycles. The Morgan fingerprint density at radius 2 is 1.24 bits per heavy atom. The van der Waals surface area contributed by atoms with E-state index >= 15 is 0 Å². The van der Waals surface area contributed by atoms with Crippen LogP contribution < -0.4 is 0 Å². The zero-order valence-electron chi connectivity index (χ0n) is 29.4. The average molecular weight is 777 g/mol. The minimum atomic E-state index is -3.75. The number of rotatable bonds is 5. The second kappa shape index (κ2) is 13.0. The van der Waals surface area contributed by atoms with Crippen LogP contribution in [0.4, 0.5) is 0 Å². The molecular formula is C45H46Cl2SiZr. The molecule has 0 fully saturated rings. The van der Waals surface area contributed by atoms with Gasteiger partial charge >= 0.3 is 285 Å². The number of fused-ring (bicyclic) bond motifs is 4. The maximum atomic E-state index is 2.78. The van der Waals surface area contributed by atoms with E-state index in [1.54, 1.807) is 22.3 Å². The van der Waals surface area contributed by atoms with Crippen molar-refractivity contribution in [2.75, 3.05) is 0 Å². The second-order valence-electron chi connectivity index (χ2n) is 15.6. The molecule has 0 bridgehead atoms. The molecule has 2 aliphatic carbocycles. The van der Waals surface area contributed by atoms with Gasteiger partial charge in [-0.2, -0.15) is 0 Å².